The highest BCUT2D eigenvalue weighted by Gasteiger charge is 2.25. The maximum Gasteiger partial charge on any atom is 0.238 e. The lowest BCUT2D eigenvalue weighted by Crippen LogP contribution is -2.32. The van der Waals surface area contributed by atoms with Crippen molar-refractivity contribution in [2.24, 2.45) is 11.1 Å². The molecule has 0 aliphatic rings. The molecule has 0 saturated heterocycles. The molecular formula is C13H21FN2O2S. The van der Waals surface area contributed by atoms with Crippen LogP contribution >= 0.6 is 0 Å². The van der Waals surface area contributed by atoms with Crippen molar-refractivity contribution in [3.63, 3.8) is 0 Å². The Labute approximate surface area is 114 Å². The summed E-state index contributed by atoms with van der Waals surface area (Å²) in [6.07, 6.45) is 0. The van der Waals surface area contributed by atoms with Crippen LogP contribution in [0.25, 0.3) is 0 Å². The third-order valence-electron chi connectivity index (χ3n) is 3.37. The molecule has 19 heavy (non-hydrogen) atoms. The molecule has 0 aliphatic carbocycles. The second-order valence-electron chi connectivity index (χ2n) is 5.08. The largest absolute Gasteiger partial charge is 0.317 e. The number of benzene rings is 1. The molecule has 0 aliphatic heterocycles. The molecule has 0 radical (unpaired) electrons. The van der Waals surface area contributed by atoms with Gasteiger partial charge in [0.1, 0.15) is 5.82 Å². The predicted octanol–water partition coefficient (Wildman–Crippen LogP) is 1.82. The van der Waals surface area contributed by atoms with E-state index in [1.807, 2.05) is 27.8 Å². The van der Waals surface area contributed by atoms with Crippen LogP contribution in [0, 0.1) is 11.7 Å². The summed E-state index contributed by atoms with van der Waals surface area (Å²) in [6, 6.07) is 3.93. The smallest absolute Gasteiger partial charge is 0.238 e. The standard InChI is InChI=1S/C13H21FN2O2S/c1-8(2)13(9(3)16-4)11-6-5-10(7-12(11)14)19(15,17)18/h5-9,13,16H,1-4H3,(H2,15,17,18). The first-order valence-corrected chi connectivity index (χ1v) is 7.72. The van der Waals surface area contributed by atoms with E-state index in [4.69, 9.17) is 5.14 Å². The minimum absolute atomic E-state index is 0.0421. The Morgan fingerprint density at radius 2 is 1.84 bits per heavy atom. The number of halogens is 1. The number of hydrogen-bond donors (Lipinski definition) is 2. The molecule has 1 aromatic carbocycles. The zero-order chi connectivity index (χ0) is 14.8. The van der Waals surface area contributed by atoms with Gasteiger partial charge in [0.15, 0.2) is 0 Å². The van der Waals surface area contributed by atoms with Crippen LogP contribution in [-0.4, -0.2) is 21.5 Å². The summed E-state index contributed by atoms with van der Waals surface area (Å²) in [7, 11) is -2.05. The molecule has 0 bridgehead atoms. The zero-order valence-electron chi connectivity index (χ0n) is 11.6. The second kappa shape index (κ2) is 5.98. The molecule has 3 N–H and O–H groups in total. The number of likely N-dealkylation sites (N-methyl/N-ethyl adjacent to an activating group) is 1. The van der Waals surface area contributed by atoms with Gasteiger partial charge in [-0.05, 0) is 37.6 Å². The maximum absolute atomic E-state index is 14.1. The fourth-order valence-corrected chi connectivity index (χ4v) is 2.87. The molecular weight excluding hydrogens is 267 g/mol. The van der Waals surface area contributed by atoms with Crippen LogP contribution in [0.2, 0.25) is 0 Å². The van der Waals surface area contributed by atoms with E-state index in [-0.39, 0.29) is 22.8 Å². The predicted molar refractivity (Wildman–Crippen MR) is 73.9 cm³/mol. The third kappa shape index (κ3) is 3.75. The summed E-state index contributed by atoms with van der Waals surface area (Å²) in [5.41, 5.74) is 0.504. The lowest BCUT2D eigenvalue weighted by molar-refractivity contribution is 0.382. The molecule has 1 rings (SSSR count). The summed E-state index contributed by atoms with van der Waals surface area (Å²) in [5.74, 6) is -0.357. The second-order valence-corrected chi connectivity index (χ2v) is 6.64. The zero-order valence-corrected chi connectivity index (χ0v) is 12.5. The Kier molecular flexibility index (Phi) is 5.06. The van der Waals surface area contributed by atoms with Gasteiger partial charge >= 0.3 is 0 Å². The Bertz CT molecular complexity index is 544. The molecule has 1 aromatic rings. The number of rotatable bonds is 5. The van der Waals surface area contributed by atoms with E-state index in [0.29, 0.717) is 5.56 Å². The minimum Gasteiger partial charge on any atom is -0.317 e. The maximum atomic E-state index is 14.1. The van der Waals surface area contributed by atoms with Gasteiger partial charge in [-0.25, -0.2) is 17.9 Å². The van der Waals surface area contributed by atoms with Gasteiger partial charge in [-0.15, -0.1) is 0 Å². The summed E-state index contributed by atoms with van der Waals surface area (Å²) in [4.78, 5) is -0.201. The topological polar surface area (TPSA) is 72.2 Å². The molecule has 0 saturated carbocycles. The van der Waals surface area contributed by atoms with Gasteiger partial charge < -0.3 is 5.32 Å². The van der Waals surface area contributed by atoms with Crippen molar-refractivity contribution < 1.29 is 12.8 Å². The summed E-state index contributed by atoms with van der Waals surface area (Å²) in [5, 5.41) is 8.10. The van der Waals surface area contributed by atoms with Crippen LogP contribution in [0.15, 0.2) is 23.1 Å². The lowest BCUT2D eigenvalue weighted by Gasteiger charge is -2.28. The minimum atomic E-state index is -3.87. The molecule has 2 unspecified atom stereocenters. The van der Waals surface area contributed by atoms with Crippen LogP contribution in [0.1, 0.15) is 32.3 Å². The van der Waals surface area contributed by atoms with Gasteiger partial charge in [-0.3, -0.25) is 0 Å². The molecule has 0 heterocycles. The summed E-state index contributed by atoms with van der Waals surface area (Å²) >= 11 is 0. The van der Waals surface area contributed by atoms with Crippen LogP contribution < -0.4 is 10.5 Å². The molecule has 0 amide bonds. The van der Waals surface area contributed by atoms with Gasteiger partial charge in [0, 0.05) is 12.0 Å². The van der Waals surface area contributed by atoms with Crippen molar-refractivity contribution in [1.82, 2.24) is 5.32 Å². The highest BCUT2D eigenvalue weighted by molar-refractivity contribution is 7.89. The number of primary sulfonamides is 1. The number of nitrogens with two attached hydrogens (primary N) is 1. The number of hydrogen-bond acceptors (Lipinski definition) is 3. The van der Waals surface area contributed by atoms with E-state index in [0.717, 1.165) is 6.07 Å². The van der Waals surface area contributed by atoms with E-state index in [2.05, 4.69) is 5.32 Å². The van der Waals surface area contributed by atoms with Crippen molar-refractivity contribution >= 4 is 10.0 Å². The number of nitrogens with one attached hydrogen (secondary N) is 1. The van der Waals surface area contributed by atoms with Gasteiger partial charge in [-0.2, -0.15) is 0 Å². The average Bonchev–Trinajstić information content (AvgIpc) is 2.29. The van der Waals surface area contributed by atoms with E-state index in [9.17, 15) is 12.8 Å². The molecule has 0 spiro atoms. The molecule has 6 heteroatoms. The van der Waals surface area contributed by atoms with Crippen LogP contribution in [0.4, 0.5) is 4.39 Å². The SMILES string of the molecule is CNC(C)C(c1ccc(S(N)(=O)=O)cc1F)C(C)C. The summed E-state index contributed by atoms with van der Waals surface area (Å²) in [6.45, 7) is 5.98. The van der Waals surface area contributed by atoms with Crippen LogP contribution in [0.3, 0.4) is 0 Å². The normalized spacial score (nSPS) is 15.5. The first kappa shape index (κ1) is 16.1. The molecule has 2 atom stereocenters. The highest BCUT2D eigenvalue weighted by Crippen LogP contribution is 2.30. The van der Waals surface area contributed by atoms with E-state index in [1.165, 1.54) is 12.1 Å². The van der Waals surface area contributed by atoms with E-state index >= 15 is 0 Å². The molecule has 0 fully saturated rings. The van der Waals surface area contributed by atoms with Crippen LogP contribution in [-0.2, 0) is 10.0 Å². The Morgan fingerprint density at radius 3 is 2.21 bits per heavy atom. The molecule has 4 nitrogen and oxygen atoms in total. The fourth-order valence-electron chi connectivity index (χ4n) is 2.34. The highest BCUT2D eigenvalue weighted by atomic mass is 32.2. The molecule has 0 aromatic heterocycles. The quantitative estimate of drug-likeness (QED) is 0.868. The van der Waals surface area contributed by atoms with Crippen LogP contribution in [0.5, 0.6) is 0 Å². The van der Waals surface area contributed by atoms with Gasteiger partial charge in [-0.1, -0.05) is 19.9 Å². The Balaban J connectivity index is 3.27. The van der Waals surface area contributed by atoms with Crippen molar-refractivity contribution in [2.75, 3.05) is 7.05 Å². The monoisotopic (exact) mass is 288 g/mol. The first-order chi connectivity index (χ1) is 8.68. The lowest BCUT2D eigenvalue weighted by atomic mass is 9.83. The first-order valence-electron chi connectivity index (χ1n) is 6.18. The van der Waals surface area contributed by atoms with Gasteiger partial charge in [0.05, 0.1) is 4.90 Å². The molecule has 108 valence electrons. The van der Waals surface area contributed by atoms with Crippen molar-refractivity contribution in [3.8, 4) is 0 Å². The Morgan fingerprint density at radius 1 is 1.26 bits per heavy atom. The van der Waals surface area contributed by atoms with E-state index in [1.54, 1.807) is 0 Å². The summed E-state index contributed by atoms with van der Waals surface area (Å²) < 4.78 is 36.5. The average molecular weight is 288 g/mol. The Hall–Kier alpha value is -0.980. The van der Waals surface area contributed by atoms with Crippen molar-refractivity contribution in [3.05, 3.63) is 29.6 Å². The van der Waals surface area contributed by atoms with Crippen molar-refractivity contribution in [2.45, 2.75) is 37.6 Å². The van der Waals surface area contributed by atoms with E-state index < -0.39 is 15.8 Å². The fraction of sp³-hybridized carbons (Fsp3) is 0.538. The van der Waals surface area contributed by atoms with Crippen molar-refractivity contribution in [1.29, 1.82) is 0 Å². The van der Waals surface area contributed by atoms with Gasteiger partial charge in [0.2, 0.25) is 10.0 Å². The van der Waals surface area contributed by atoms with Gasteiger partial charge in [0.25, 0.3) is 0 Å². The number of sulfonamides is 1. The third-order valence-corrected chi connectivity index (χ3v) is 4.28.